The predicted octanol–water partition coefficient (Wildman–Crippen LogP) is 3.98. The van der Waals surface area contributed by atoms with Crippen LogP contribution in [-0.2, 0) is 6.42 Å². The normalized spacial score (nSPS) is 15.1. The van der Waals surface area contributed by atoms with Crippen LogP contribution in [0.3, 0.4) is 0 Å². The smallest absolute Gasteiger partial charge is 0.258 e. The van der Waals surface area contributed by atoms with Crippen molar-refractivity contribution in [3.8, 4) is 0 Å². The summed E-state index contributed by atoms with van der Waals surface area (Å²) >= 11 is 5.74. The van der Waals surface area contributed by atoms with Crippen LogP contribution >= 0.6 is 11.6 Å². The van der Waals surface area contributed by atoms with E-state index >= 15 is 0 Å². The third kappa shape index (κ3) is 2.95. The molecule has 0 atom stereocenters. The minimum Gasteiger partial charge on any atom is -0.258 e. The number of benzene rings is 1. The van der Waals surface area contributed by atoms with E-state index in [-0.39, 0.29) is 10.7 Å². The van der Waals surface area contributed by atoms with Gasteiger partial charge in [0.15, 0.2) is 0 Å². The van der Waals surface area contributed by atoms with E-state index in [9.17, 15) is 10.1 Å². The van der Waals surface area contributed by atoms with Crippen LogP contribution in [-0.4, -0.2) is 4.92 Å². The molecule has 4 heteroatoms. The number of nitro benzene ring substituents is 1. The molecule has 0 spiro atoms. The van der Waals surface area contributed by atoms with E-state index in [0.29, 0.717) is 0 Å². The summed E-state index contributed by atoms with van der Waals surface area (Å²) in [4.78, 5) is 10.3. The highest BCUT2D eigenvalue weighted by molar-refractivity contribution is 6.32. The van der Waals surface area contributed by atoms with Crippen molar-refractivity contribution in [2.24, 2.45) is 5.92 Å². The molecule has 0 heterocycles. The van der Waals surface area contributed by atoms with Gasteiger partial charge in [0.25, 0.3) is 5.69 Å². The number of nitro groups is 1. The Bertz CT molecular complexity index is 402. The number of hydrogen-bond acceptors (Lipinski definition) is 2. The van der Waals surface area contributed by atoms with Gasteiger partial charge in [-0.25, -0.2) is 0 Å². The number of nitrogens with zero attached hydrogens (tertiary/aromatic N) is 1. The van der Waals surface area contributed by atoms with Gasteiger partial charge in [0.1, 0.15) is 5.02 Å². The first-order valence-electron chi connectivity index (χ1n) is 5.59. The van der Waals surface area contributed by atoms with Crippen LogP contribution in [0.2, 0.25) is 5.02 Å². The average Bonchev–Trinajstić information content (AvgIpc) is 3.04. The molecule has 86 valence electrons. The molecule has 0 aliphatic heterocycles. The number of halogens is 1. The summed E-state index contributed by atoms with van der Waals surface area (Å²) in [5.74, 6) is 0.919. The fraction of sp³-hybridized carbons (Fsp3) is 0.500. The Kier molecular flexibility index (Phi) is 3.44. The third-order valence-electron chi connectivity index (χ3n) is 2.98. The van der Waals surface area contributed by atoms with Gasteiger partial charge in [-0.3, -0.25) is 10.1 Å². The predicted molar refractivity (Wildman–Crippen MR) is 63.8 cm³/mol. The molecule has 1 aliphatic carbocycles. The highest BCUT2D eigenvalue weighted by Gasteiger charge is 2.20. The fourth-order valence-electron chi connectivity index (χ4n) is 1.86. The van der Waals surface area contributed by atoms with Crippen LogP contribution in [0.5, 0.6) is 0 Å². The summed E-state index contributed by atoms with van der Waals surface area (Å²) < 4.78 is 0. The molecule has 1 fully saturated rings. The van der Waals surface area contributed by atoms with E-state index < -0.39 is 4.92 Å². The molecule has 1 aliphatic rings. The third-order valence-corrected chi connectivity index (χ3v) is 3.30. The zero-order valence-electron chi connectivity index (χ0n) is 8.99. The first-order chi connectivity index (χ1) is 7.66. The zero-order chi connectivity index (χ0) is 11.5. The highest BCUT2D eigenvalue weighted by atomic mass is 35.5. The molecule has 0 radical (unpaired) electrons. The lowest BCUT2D eigenvalue weighted by atomic mass is 10.1. The SMILES string of the molecule is O=[N+]([O-])c1cc(CCCC2CC2)ccc1Cl. The summed E-state index contributed by atoms with van der Waals surface area (Å²) in [7, 11) is 0. The number of rotatable bonds is 5. The van der Waals surface area contributed by atoms with Crippen molar-refractivity contribution in [2.75, 3.05) is 0 Å². The molecule has 0 aromatic heterocycles. The van der Waals surface area contributed by atoms with E-state index in [1.807, 2.05) is 6.07 Å². The lowest BCUT2D eigenvalue weighted by Crippen LogP contribution is -1.92. The molecule has 0 amide bonds. The van der Waals surface area contributed by atoms with Crippen molar-refractivity contribution in [3.05, 3.63) is 38.9 Å². The molecule has 2 rings (SSSR count). The second-order valence-corrected chi connectivity index (χ2v) is 4.79. The van der Waals surface area contributed by atoms with Crippen LogP contribution in [0.25, 0.3) is 0 Å². The molecular formula is C12H14ClNO2. The molecule has 0 saturated heterocycles. The van der Waals surface area contributed by atoms with Crippen LogP contribution in [0.4, 0.5) is 5.69 Å². The topological polar surface area (TPSA) is 43.1 Å². The van der Waals surface area contributed by atoms with Crippen LogP contribution in [0.1, 0.15) is 31.2 Å². The molecule has 1 saturated carbocycles. The van der Waals surface area contributed by atoms with Gasteiger partial charge in [-0.05, 0) is 30.4 Å². The van der Waals surface area contributed by atoms with Gasteiger partial charge < -0.3 is 0 Å². The van der Waals surface area contributed by atoms with Crippen LogP contribution in [0, 0.1) is 16.0 Å². The van der Waals surface area contributed by atoms with Gasteiger partial charge in [-0.15, -0.1) is 0 Å². The minimum atomic E-state index is -0.424. The van der Waals surface area contributed by atoms with E-state index in [1.54, 1.807) is 12.1 Å². The molecule has 0 bridgehead atoms. The summed E-state index contributed by atoms with van der Waals surface area (Å²) in [5.41, 5.74) is 1.03. The van der Waals surface area contributed by atoms with Crippen LogP contribution in [0.15, 0.2) is 18.2 Å². The molecule has 0 unspecified atom stereocenters. The van der Waals surface area contributed by atoms with Crippen molar-refractivity contribution in [1.82, 2.24) is 0 Å². The Hall–Kier alpha value is -1.09. The summed E-state index contributed by atoms with van der Waals surface area (Å²) in [6.07, 6.45) is 6.00. The van der Waals surface area contributed by atoms with Crippen molar-refractivity contribution in [2.45, 2.75) is 32.1 Å². The van der Waals surface area contributed by atoms with E-state index in [0.717, 1.165) is 24.3 Å². The number of aryl methyl sites for hydroxylation is 1. The van der Waals surface area contributed by atoms with Gasteiger partial charge in [0, 0.05) is 6.07 Å². The van der Waals surface area contributed by atoms with Gasteiger partial charge in [0.05, 0.1) is 4.92 Å². The number of hydrogen-bond donors (Lipinski definition) is 0. The van der Waals surface area contributed by atoms with E-state index in [2.05, 4.69) is 0 Å². The molecule has 0 N–H and O–H groups in total. The largest absolute Gasteiger partial charge is 0.288 e. The highest BCUT2D eigenvalue weighted by Crippen LogP contribution is 2.34. The molecule has 1 aromatic rings. The van der Waals surface area contributed by atoms with E-state index in [1.165, 1.54) is 19.3 Å². The molecule has 3 nitrogen and oxygen atoms in total. The average molecular weight is 240 g/mol. The Morgan fingerprint density at radius 2 is 2.19 bits per heavy atom. The van der Waals surface area contributed by atoms with Gasteiger partial charge in [-0.1, -0.05) is 36.9 Å². The summed E-state index contributed by atoms with van der Waals surface area (Å²) in [6, 6.07) is 5.09. The van der Waals surface area contributed by atoms with Crippen molar-refractivity contribution in [3.63, 3.8) is 0 Å². The quantitative estimate of drug-likeness (QED) is 0.576. The van der Waals surface area contributed by atoms with Gasteiger partial charge in [-0.2, -0.15) is 0 Å². The second-order valence-electron chi connectivity index (χ2n) is 4.38. The maximum Gasteiger partial charge on any atom is 0.288 e. The Labute approximate surface area is 99.6 Å². The molecular weight excluding hydrogens is 226 g/mol. The standard InChI is InChI=1S/C12H14ClNO2/c13-11-7-6-10(8-12(11)14(15)16)3-1-2-9-4-5-9/h6-9H,1-5H2. The maximum atomic E-state index is 10.7. The van der Waals surface area contributed by atoms with Gasteiger partial charge >= 0.3 is 0 Å². The first-order valence-corrected chi connectivity index (χ1v) is 5.97. The van der Waals surface area contributed by atoms with Gasteiger partial charge in [0.2, 0.25) is 0 Å². The summed E-state index contributed by atoms with van der Waals surface area (Å²) in [6.45, 7) is 0. The second kappa shape index (κ2) is 4.83. The van der Waals surface area contributed by atoms with Crippen LogP contribution < -0.4 is 0 Å². The Morgan fingerprint density at radius 3 is 2.81 bits per heavy atom. The Morgan fingerprint density at radius 1 is 1.44 bits per heavy atom. The van der Waals surface area contributed by atoms with Crippen molar-refractivity contribution >= 4 is 17.3 Å². The van der Waals surface area contributed by atoms with Crippen molar-refractivity contribution < 1.29 is 4.92 Å². The first kappa shape index (κ1) is 11.4. The fourth-order valence-corrected chi connectivity index (χ4v) is 2.04. The Balaban J connectivity index is 1.97. The minimum absolute atomic E-state index is 0.0191. The lowest BCUT2D eigenvalue weighted by molar-refractivity contribution is -0.384. The monoisotopic (exact) mass is 239 g/mol. The molecule has 1 aromatic carbocycles. The zero-order valence-corrected chi connectivity index (χ0v) is 9.74. The van der Waals surface area contributed by atoms with E-state index in [4.69, 9.17) is 11.6 Å². The molecule has 16 heavy (non-hydrogen) atoms. The summed E-state index contributed by atoms with van der Waals surface area (Å²) in [5, 5.41) is 10.9. The maximum absolute atomic E-state index is 10.7. The van der Waals surface area contributed by atoms with Crippen molar-refractivity contribution in [1.29, 1.82) is 0 Å². The lowest BCUT2D eigenvalue weighted by Gasteiger charge is -2.02.